The Kier molecular flexibility index (Phi) is 3.89. The molecule has 0 aliphatic carbocycles. The number of pyridine rings is 1. The van der Waals surface area contributed by atoms with E-state index < -0.39 is 0 Å². The minimum atomic E-state index is 0.745. The number of hydrogen-bond donors (Lipinski definition) is 0. The average molecular weight is 242 g/mol. The highest BCUT2D eigenvalue weighted by Gasteiger charge is 2.03. The van der Waals surface area contributed by atoms with Gasteiger partial charge in [0.1, 0.15) is 10.9 Å². The number of aryl methyl sites for hydroxylation is 1. The predicted molar refractivity (Wildman–Crippen MR) is 70.9 cm³/mol. The molecule has 3 heteroatoms. The minimum absolute atomic E-state index is 0.745. The summed E-state index contributed by atoms with van der Waals surface area (Å²) in [7, 11) is 0. The quantitative estimate of drug-likeness (QED) is 0.811. The van der Waals surface area contributed by atoms with Crippen LogP contribution < -0.4 is 0 Å². The summed E-state index contributed by atoms with van der Waals surface area (Å²) in [6.07, 6.45) is 5.33. The van der Waals surface area contributed by atoms with Crippen LogP contribution >= 0.6 is 11.3 Å². The zero-order valence-corrected chi connectivity index (χ0v) is 10.6. The van der Waals surface area contributed by atoms with Gasteiger partial charge >= 0.3 is 0 Å². The van der Waals surface area contributed by atoms with Crippen molar-refractivity contribution in [2.45, 2.75) is 26.2 Å². The molecule has 0 saturated heterocycles. The molecule has 0 fully saturated rings. The van der Waals surface area contributed by atoms with Gasteiger partial charge in [-0.2, -0.15) is 5.26 Å². The summed E-state index contributed by atoms with van der Waals surface area (Å²) in [6, 6.07) is 10.2. The molecule has 0 spiro atoms. The second-order valence-electron chi connectivity index (χ2n) is 3.92. The Balaban J connectivity index is 2.15. The van der Waals surface area contributed by atoms with Crippen LogP contribution in [0.4, 0.5) is 0 Å². The summed E-state index contributed by atoms with van der Waals surface area (Å²) in [5.74, 6) is 0. The van der Waals surface area contributed by atoms with Crippen molar-refractivity contribution in [3.05, 3.63) is 41.0 Å². The molecule has 2 rings (SSSR count). The van der Waals surface area contributed by atoms with Crippen molar-refractivity contribution in [3.8, 4) is 16.5 Å². The number of thiophene rings is 1. The normalized spacial score (nSPS) is 10.1. The third-order valence-electron chi connectivity index (χ3n) is 2.61. The molecule has 0 radical (unpaired) electrons. The van der Waals surface area contributed by atoms with E-state index in [-0.39, 0.29) is 0 Å². The lowest BCUT2D eigenvalue weighted by molar-refractivity contribution is 0.777. The second kappa shape index (κ2) is 5.60. The van der Waals surface area contributed by atoms with Crippen LogP contribution in [0.3, 0.4) is 0 Å². The first kappa shape index (κ1) is 11.8. The lowest BCUT2D eigenvalue weighted by Gasteiger charge is -2.00. The maximum absolute atomic E-state index is 8.78. The smallest absolute Gasteiger partial charge is 0.110 e. The Morgan fingerprint density at radius 2 is 2.18 bits per heavy atom. The highest BCUT2D eigenvalue weighted by atomic mass is 32.1. The first-order valence-electron chi connectivity index (χ1n) is 5.78. The van der Waals surface area contributed by atoms with Crippen LogP contribution in [-0.4, -0.2) is 4.98 Å². The van der Waals surface area contributed by atoms with Crippen molar-refractivity contribution in [2.24, 2.45) is 0 Å². The molecular weight excluding hydrogens is 228 g/mol. The van der Waals surface area contributed by atoms with E-state index in [0.717, 1.165) is 27.4 Å². The number of nitrogens with zero attached hydrogens (tertiary/aromatic N) is 2. The third-order valence-corrected chi connectivity index (χ3v) is 3.65. The maximum atomic E-state index is 8.78. The summed E-state index contributed by atoms with van der Waals surface area (Å²) >= 11 is 1.51. The van der Waals surface area contributed by atoms with Crippen molar-refractivity contribution in [1.82, 2.24) is 4.98 Å². The number of rotatable bonds is 4. The number of hydrogen-bond acceptors (Lipinski definition) is 3. The van der Waals surface area contributed by atoms with E-state index in [0.29, 0.717) is 0 Å². The molecule has 2 aromatic heterocycles. The lowest BCUT2D eigenvalue weighted by atomic mass is 10.1. The molecule has 0 amide bonds. The molecule has 0 N–H and O–H groups in total. The highest BCUT2D eigenvalue weighted by Crippen LogP contribution is 2.27. The van der Waals surface area contributed by atoms with Crippen molar-refractivity contribution in [2.75, 3.05) is 0 Å². The largest absolute Gasteiger partial charge is 0.261 e. The molecule has 0 unspecified atom stereocenters. The van der Waals surface area contributed by atoms with Gasteiger partial charge in [-0.05, 0) is 31.0 Å². The van der Waals surface area contributed by atoms with E-state index >= 15 is 0 Å². The number of nitriles is 1. The highest BCUT2D eigenvalue weighted by molar-refractivity contribution is 7.16. The van der Waals surface area contributed by atoms with E-state index in [4.69, 9.17) is 5.26 Å². The summed E-state index contributed by atoms with van der Waals surface area (Å²) in [6.45, 7) is 2.18. The molecule has 0 aromatic carbocycles. The lowest BCUT2D eigenvalue weighted by Crippen LogP contribution is -1.89. The van der Waals surface area contributed by atoms with E-state index in [1.165, 1.54) is 24.2 Å². The first-order valence-corrected chi connectivity index (χ1v) is 6.60. The van der Waals surface area contributed by atoms with Crippen LogP contribution in [0.2, 0.25) is 0 Å². The predicted octanol–water partition coefficient (Wildman–Crippen LogP) is 4.02. The van der Waals surface area contributed by atoms with Crippen LogP contribution in [0, 0.1) is 11.3 Å². The van der Waals surface area contributed by atoms with Gasteiger partial charge in [-0.1, -0.05) is 19.4 Å². The SMILES string of the molecule is CCCCc1ccc(-c2ccc(C#N)s2)cn1. The van der Waals surface area contributed by atoms with Gasteiger partial charge in [0.2, 0.25) is 0 Å². The summed E-state index contributed by atoms with van der Waals surface area (Å²) in [5.41, 5.74) is 2.24. The Hall–Kier alpha value is -1.66. The molecule has 0 saturated carbocycles. The van der Waals surface area contributed by atoms with Crippen molar-refractivity contribution >= 4 is 11.3 Å². The molecule has 17 heavy (non-hydrogen) atoms. The molecule has 2 aromatic rings. The molecule has 0 bridgehead atoms. The van der Waals surface area contributed by atoms with Crippen LogP contribution in [0.5, 0.6) is 0 Å². The Bertz CT molecular complexity index is 520. The first-order chi connectivity index (χ1) is 8.33. The van der Waals surface area contributed by atoms with E-state index in [1.807, 2.05) is 18.3 Å². The van der Waals surface area contributed by atoms with Crippen LogP contribution in [0.25, 0.3) is 10.4 Å². The van der Waals surface area contributed by atoms with Crippen LogP contribution in [-0.2, 0) is 6.42 Å². The monoisotopic (exact) mass is 242 g/mol. The standard InChI is InChI=1S/C14H14N2S/c1-2-3-4-12-6-5-11(10-16-12)14-8-7-13(9-15)17-14/h5-8,10H,2-4H2,1H3. The zero-order chi connectivity index (χ0) is 12.1. The van der Waals surface area contributed by atoms with Gasteiger partial charge in [0.25, 0.3) is 0 Å². The van der Waals surface area contributed by atoms with Gasteiger partial charge < -0.3 is 0 Å². The third kappa shape index (κ3) is 2.92. The Morgan fingerprint density at radius 3 is 2.76 bits per heavy atom. The van der Waals surface area contributed by atoms with Crippen LogP contribution in [0.15, 0.2) is 30.5 Å². The van der Waals surface area contributed by atoms with Crippen molar-refractivity contribution in [3.63, 3.8) is 0 Å². The summed E-state index contributed by atoms with van der Waals surface area (Å²) in [5, 5.41) is 8.78. The topological polar surface area (TPSA) is 36.7 Å². The Labute approximate surface area is 106 Å². The van der Waals surface area contributed by atoms with Crippen molar-refractivity contribution < 1.29 is 0 Å². The molecule has 2 nitrogen and oxygen atoms in total. The summed E-state index contributed by atoms with van der Waals surface area (Å²) in [4.78, 5) is 6.30. The second-order valence-corrected chi connectivity index (χ2v) is 5.00. The van der Waals surface area contributed by atoms with Gasteiger partial charge in [-0.25, -0.2) is 0 Å². The van der Waals surface area contributed by atoms with Gasteiger partial charge in [0, 0.05) is 22.3 Å². The molecule has 0 atom stereocenters. The molecule has 0 aliphatic heterocycles. The van der Waals surface area contributed by atoms with E-state index in [9.17, 15) is 0 Å². The summed E-state index contributed by atoms with van der Waals surface area (Å²) < 4.78 is 0. The van der Waals surface area contributed by atoms with E-state index in [1.54, 1.807) is 0 Å². The fourth-order valence-corrected chi connectivity index (χ4v) is 2.42. The molecule has 86 valence electrons. The maximum Gasteiger partial charge on any atom is 0.110 e. The molecule has 2 heterocycles. The van der Waals surface area contributed by atoms with Gasteiger partial charge in [0.15, 0.2) is 0 Å². The zero-order valence-electron chi connectivity index (χ0n) is 9.81. The number of unbranched alkanes of at least 4 members (excludes halogenated alkanes) is 1. The van der Waals surface area contributed by atoms with Crippen LogP contribution in [0.1, 0.15) is 30.3 Å². The van der Waals surface area contributed by atoms with Gasteiger partial charge in [-0.15, -0.1) is 11.3 Å². The molecule has 0 aliphatic rings. The minimum Gasteiger partial charge on any atom is -0.261 e. The van der Waals surface area contributed by atoms with Crippen molar-refractivity contribution in [1.29, 1.82) is 5.26 Å². The molecular formula is C14H14N2S. The fraction of sp³-hybridized carbons (Fsp3) is 0.286. The van der Waals surface area contributed by atoms with E-state index in [2.05, 4.69) is 30.1 Å². The Morgan fingerprint density at radius 1 is 1.29 bits per heavy atom. The van der Waals surface area contributed by atoms with Gasteiger partial charge in [0.05, 0.1) is 0 Å². The number of aromatic nitrogens is 1. The fourth-order valence-electron chi connectivity index (χ4n) is 1.63. The van der Waals surface area contributed by atoms with Gasteiger partial charge in [-0.3, -0.25) is 4.98 Å². The average Bonchev–Trinajstić information content (AvgIpc) is 2.86.